The molecule has 6 heteroatoms. The molecule has 1 atom stereocenters. The molecular weight excluding hydrogens is 342 g/mol. The van der Waals surface area contributed by atoms with Crippen molar-refractivity contribution in [3.63, 3.8) is 0 Å². The number of methoxy groups -OCH3 is 1. The summed E-state index contributed by atoms with van der Waals surface area (Å²) in [6.07, 6.45) is 2.93. The minimum absolute atomic E-state index is 0.0646. The van der Waals surface area contributed by atoms with E-state index in [9.17, 15) is 8.42 Å². The van der Waals surface area contributed by atoms with E-state index in [1.807, 2.05) is 18.2 Å². The predicted molar refractivity (Wildman–Crippen MR) is 86.2 cm³/mol. The number of benzene rings is 1. The van der Waals surface area contributed by atoms with Crippen LogP contribution in [0.25, 0.3) is 0 Å². The highest BCUT2D eigenvalue weighted by molar-refractivity contribution is 9.10. The maximum atomic E-state index is 11.5. The van der Waals surface area contributed by atoms with Crippen molar-refractivity contribution < 1.29 is 13.2 Å². The van der Waals surface area contributed by atoms with Crippen LogP contribution < -0.4 is 10.1 Å². The second-order valence-corrected chi connectivity index (χ2v) is 7.96. The summed E-state index contributed by atoms with van der Waals surface area (Å²) in [5.41, 5.74) is 1.08. The molecule has 0 aliphatic rings. The highest BCUT2D eigenvalue weighted by Crippen LogP contribution is 2.26. The zero-order chi connectivity index (χ0) is 15.2. The number of ether oxygens (including phenoxy) is 1. The average Bonchev–Trinajstić information content (AvgIpc) is 2.34. The third-order valence-corrected chi connectivity index (χ3v) is 4.51. The Morgan fingerprint density at radius 1 is 1.40 bits per heavy atom. The molecule has 1 aromatic rings. The lowest BCUT2D eigenvalue weighted by molar-refractivity contribution is 0.412. The molecule has 0 aliphatic heterocycles. The SMILES string of the molecule is CCCNC(Cc1ccc(OC)c(Br)c1)CS(C)(=O)=O. The van der Waals surface area contributed by atoms with Crippen molar-refractivity contribution in [2.75, 3.05) is 25.7 Å². The van der Waals surface area contributed by atoms with E-state index < -0.39 is 9.84 Å². The Morgan fingerprint density at radius 2 is 2.10 bits per heavy atom. The van der Waals surface area contributed by atoms with Crippen LogP contribution in [-0.2, 0) is 16.3 Å². The Kier molecular flexibility index (Phi) is 6.99. The van der Waals surface area contributed by atoms with Gasteiger partial charge in [0.2, 0.25) is 0 Å². The Morgan fingerprint density at radius 3 is 2.60 bits per heavy atom. The molecule has 1 rings (SSSR count). The summed E-state index contributed by atoms with van der Waals surface area (Å²) < 4.78 is 29.1. The van der Waals surface area contributed by atoms with E-state index in [1.54, 1.807) is 7.11 Å². The maximum absolute atomic E-state index is 11.5. The quantitative estimate of drug-likeness (QED) is 0.770. The lowest BCUT2D eigenvalue weighted by Gasteiger charge is -2.18. The van der Waals surface area contributed by atoms with Crippen molar-refractivity contribution in [2.24, 2.45) is 0 Å². The zero-order valence-electron chi connectivity index (χ0n) is 12.1. The lowest BCUT2D eigenvalue weighted by atomic mass is 10.1. The molecule has 0 aromatic heterocycles. The number of hydrogen-bond acceptors (Lipinski definition) is 4. The summed E-state index contributed by atoms with van der Waals surface area (Å²) in [7, 11) is -1.38. The standard InChI is InChI=1S/C14H22BrNO3S/c1-4-7-16-12(10-20(3,17)18)8-11-5-6-14(19-2)13(15)9-11/h5-6,9,12,16H,4,7-8,10H2,1-3H3. The van der Waals surface area contributed by atoms with Gasteiger partial charge in [0.15, 0.2) is 0 Å². The largest absolute Gasteiger partial charge is 0.496 e. The summed E-state index contributed by atoms with van der Waals surface area (Å²) in [5.74, 6) is 0.923. The van der Waals surface area contributed by atoms with Crippen molar-refractivity contribution >= 4 is 25.8 Å². The Bertz CT molecular complexity index is 531. The van der Waals surface area contributed by atoms with Gasteiger partial charge in [-0.1, -0.05) is 13.0 Å². The molecule has 0 saturated carbocycles. The minimum atomic E-state index is -3.00. The van der Waals surface area contributed by atoms with Gasteiger partial charge in [0.05, 0.1) is 17.3 Å². The van der Waals surface area contributed by atoms with Gasteiger partial charge in [0.1, 0.15) is 15.6 Å². The number of sulfone groups is 1. The molecule has 0 saturated heterocycles. The molecule has 0 heterocycles. The summed E-state index contributed by atoms with van der Waals surface area (Å²) in [6, 6.07) is 5.76. The third-order valence-electron chi connectivity index (χ3n) is 2.89. The molecule has 1 unspecified atom stereocenters. The fraction of sp³-hybridized carbons (Fsp3) is 0.571. The van der Waals surface area contributed by atoms with Crippen molar-refractivity contribution in [1.29, 1.82) is 0 Å². The topological polar surface area (TPSA) is 55.4 Å². The normalized spacial score (nSPS) is 13.2. The molecule has 0 bridgehead atoms. The van der Waals surface area contributed by atoms with E-state index in [0.29, 0.717) is 6.42 Å². The van der Waals surface area contributed by atoms with Crippen LogP contribution in [0.1, 0.15) is 18.9 Å². The Labute approximate surface area is 130 Å². The van der Waals surface area contributed by atoms with Gasteiger partial charge in [-0.2, -0.15) is 0 Å². The monoisotopic (exact) mass is 363 g/mol. The number of rotatable bonds is 8. The van der Waals surface area contributed by atoms with E-state index in [2.05, 4.69) is 28.2 Å². The molecule has 0 aliphatic carbocycles. The molecule has 0 fully saturated rings. The first kappa shape index (κ1) is 17.5. The van der Waals surface area contributed by atoms with Crippen LogP contribution in [0.2, 0.25) is 0 Å². The Hall–Kier alpha value is -0.590. The molecule has 1 aromatic carbocycles. The number of halogens is 1. The van der Waals surface area contributed by atoms with Gasteiger partial charge in [0.25, 0.3) is 0 Å². The third kappa shape index (κ3) is 6.24. The Balaban J connectivity index is 2.80. The van der Waals surface area contributed by atoms with Gasteiger partial charge >= 0.3 is 0 Å². The highest BCUT2D eigenvalue weighted by Gasteiger charge is 2.16. The van der Waals surface area contributed by atoms with Crippen LogP contribution in [-0.4, -0.2) is 40.1 Å². The van der Waals surface area contributed by atoms with Crippen LogP contribution in [0.3, 0.4) is 0 Å². The van der Waals surface area contributed by atoms with Crippen LogP contribution in [0.5, 0.6) is 5.75 Å². The van der Waals surface area contributed by atoms with E-state index in [4.69, 9.17) is 4.74 Å². The zero-order valence-corrected chi connectivity index (χ0v) is 14.6. The van der Waals surface area contributed by atoms with Crippen molar-refractivity contribution in [1.82, 2.24) is 5.32 Å². The van der Waals surface area contributed by atoms with Gasteiger partial charge in [-0.25, -0.2) is 8.42 Å². The van der Waals surface area contributed by atoms with E-state index in [1.165, 1.54) is 6.26 Å². The fourth-order valence-corrected chi connectivity index (χ4v) is 3.58. The summed E-state index contributed by atoms with van der Waals surface area (Å²) in [5, 5.41) is 3.30. The van der Waals surface area contributed by atoms with Crippen molar-refractivity contribution in [3.8, 4) is 5.75 Å². The van der Waals surface area contributed by atoms with Gasteiger partial charge < -0.3 is 10.1 Å². The lowest BCUT2D eigenvalue weighted by Crippen LogP contribution is -2.37. The van der Waals surface area contributed by atoms with E-state index in [-0.39, 0.29) is 11.8 Å². The fourth-order valence-electron chi connectivity index (χ4n) is 2.03. The van der Waals surface area contributed by atoms with Crippen LogP contribution >= 0.6 is 15.9 Å². The first-order valence-electron chi connectivity index (χ1n) is 6.59. The molecular formula is C14H22BrNO3S. The highest BCUT2D eigenvalue weighted by atomic mass is 79.9. The van der Waals surface area contributed by atoms with Crippen LogP contribution in [0, 0.1) is 0 Å². The molecule has 20 heavy (non-hydrogen) atoms. The average molecular weight is 364 g/mol. The maximum Gasteiger partial charge on any atom is 0.148 e. The van der Waals surface area contributed by atoms with Crippen LogP contribution in [0.4, 0.5) is 0 Å². The first-order chi connectivity index (χ1) is 9.35. The molecule has 0 spiro atoms. The number of hydrogen-bond donors (Lipinski definition) is 1. The van der Waals surface area contributed by atoms with Crippen molar-refractivity contribution in [3.05, 3.63) is 28.2 Å². The van der Waals surface area contributed by atoms with Crippen molar-refractivity contribution in [2.45, 2.75) is 25.8 Å². The predicted octanol–water partition coefficient (Wildman–Crippen LogP) is 2.41. The molecule has 0 amide bonds. The summed E-state index contributed by atoms with van der Waals surface area (Å²) in [6.45, 7) is 2.88. The van der Waals surface area contributed by atoms with E-state index in [0.717, 1.165) is 28.8 Å². The second kappa shape index (κ2) is 8.00. The molecule has 4 nitrogen and oxygen atoms in total. The summed E-state index contributed by atoms with van der Waals surface area (Å²) in [4.78, 5) is 0. The second-order valence-electron chi connectivity index (χ2n) is 4.92. The van der Waals surface area contributed by atoms with Crippen LogP contribution in [0.15, 0.2) is 22.7 Å². The molecule has 114 valence electrons. The van der Waals surface area contributed by atoms with Gasteiger partial charge in [0, 0.05) is 12.3 Å². The van der Waals surface area contributed by atoms with Gasteiger partial charge in [-0.15, -0.1) is 0 Å². The number of nitrogens with one attached hydrogen (secondary N) is 1. The minimum Gasteiger partial charge on any atom is -0.496 e. The summed E-state index contributed by atoms with van der Waals surface area (Å²) >= 11 is 3.45. The molecule has 1 N–H and O–H groups in total. The van der Waals surface area contributed by atoms with Gasteiger partial charge in [-0.05, 0) is 53.0 Å². The molecule has 0 radical (unpaired) electrons. The van der Waals surface area contributed by atoms with E-state index >= 15 is 0 Å². The van der Waals surface area contributed by atoms with Gasteiger partial charge in [-0.3, -0.25) is 0 Å². The smallest absolute Gasteiger partial charge is 0.148 e. The first-order valence-corrected chi connectivity index (χ1v) is 9.44.